The van der Waals surface area contributed by atoms with Crippen molar-refractivity contribution in [1.82, 2.24) is 4.90 Å². The van der Waals surface area contributed by atoms with Crippen LogP contribution in [0.5, 0.6) is 11.5 Å². The number of hydrogen-bond donors (Lipinski definition) is 0. The van der Waals surface area contributed by atoms with Crippen LogP contribution in [0.1, 0.15) is 18.1 Å². The molecule has 4 rings (SSSR count). The molecule has 12 heteroatoms. The molecule has 190 valence electrons. The molecule has 0 radical (unpaired) electrons. The van der Waals surface area contributed by atoms with Gasteiger partial charge in [-0.15, -0.1) is 0 Å². The summed E-state index contributed by atoms with van der Waals surface area (Å²) in [5.74, 6) is -0.381. The molecule has 37 heavy (non-hydrogen) atoms. The minimum absolute atomic E-state index is 0.0109. The molecule has 0 atom stereocenters. The smallest absolute Gasteiger partial charge is 0.339 e. The van der Waals surface area contributed by atoms with Crippen LogP contribution in [0.3, 0.4) is 0 Å². The molecule has 1 saturated heterocycles. The van der Waals surface area contributed by atoms with Gasteiger partial charge in [0.05, 0.1) is 23.0 Å². The van der Waals surface area contributed by atoms with Crippen LogP contribution >= 0.6 is 11.8 Å². The van der Waals surface area contributed by atoms with Crippen molar-refractivity contribution in [1.29, 1.82) is 0 Å². The Hall–Kier alpha value is -4.16. The molecule has 10 nitrogen and oxygen atoms in total. The number of hydrogen-bond acceptors (Lipinski definition) is 9. The molecule has 3 aromatic carbocycles. The van der Waals surface area contributed by atoms with Gasteiger partial charge in [-0.25, -0.2) is 0 Å². The van der Waals surface area contributed by atoms with E-state index in [1.807, 2.05) is 0 Å². The van der Waals surface area contributed by atoms with Crippen molar-refractivity contribution in [3.05, 3.63) is 98.9 Å². The van der Waals surface area contributed by atoms with Gasteiger partial charge < -0.3 is 8.92 Å². The van der Waals surface area contributed by atoms with Crippen molar-refractivity contribution < 1.29 is 31.9 Å². The Morgan fingerprint density at radius 3 is 2.35 bits per heavy atom. The maximum atomic E-state index is 12.9. The zero-order valence-corrected chi connectivity index (χ0v) is 21.0. The molecule has 3 aromatic rings. The lowest BCUT2D eigenvalue weighted by Crippen LogP contribution is -2.27. The second-order valence-corrected chi connectivity index (χ2v) is 10.2. The summed E-state index contributed by atoms with van der Waals surface area (Å²) in [7, 11) is -4.09. The van der Waals surface area contributed by atoms with E-state index in [4.69, 9.17) is 8.92 Å². The van der Waals surface area contributed by atoms with Crippen LogP contribution in [0.4, 0.5) is 10.5 Å². The molecule has 1 fully saturated rings. The fourth-order valence-electron chi connectivity index (χ4n) is 3.40. The van der Waals surface area contributed by atoms with Gasteiger partial charge in [0.25, 0.3) is 16.8 Å². The molecular weight excluding hydrogens is 520 g/mol. The fourth-order valence-corrected chi connectivity index (χ4v) is 5.20. The summed E-state index contributed by atoms with van der Waals surface area (Å²) in [6.45, 7) is 1.93. The highest BCUT2D eigenvalue weighted by Gasteiger charge is 2.35. The van der Waals surface area contributed by atoms with Crippen molar-refractivity contribution in [2.45, 2.75) is 18.4 Å². The van der Waals surface area contributed by atoms with E-state index >= 15 is 0 Å². The lowest BCUT2D eigenvalue weighted by Gasteiger charge is -2.13. The van der Waals surface area contributed by atoms with Gasteiger partial charge in [0, 0.05) is 12.1 Å². The number of nitro groups is 1. The number of carbonyl (C=O) groups excluding carboxylic acids is 2. The van der Waals surface area contributed by atoms with Crippen LogP contribution in [0.2, 0.25) is 0 Å². The number of nitrogens with zero attached hydrogens (tertiary/aromatic N) is 2. The van der Waals surface area contributed by atoms with E-state index in [0.29, 0.717) is 11.1 Å². The summed E-state index contributed by atoms with van der Waals surface area (Å²) in [5.41, 5.74) is 0.967. The Morgan fingerprint density at radius 2 is 1.70 bits per heavy atom. The van der Waals surface area contributed by atoms with Gasteiger partial charge in [-0.05, 0) is 60.2 Å². The number of benzene rings is 3. The lowest BCUT2D eigenvalue weighted by molar-refractivity contribution is -0.384. The number of nitro benzene ring substituents is 1. The minimum Gasteiger partial charge on any atom is -0.490 e. The van der Waals surface area contributed by atoms with E-state index in [1.165, 1.54) is 54.6 Å². The number of carbonyl (C=O) groups is 2. The Bertz CT molecular complexity index is 1490. The maximum absolute atomic E-state index is 12.9. The molecule has 0 bridgehead atoms. The van der Waals surface area contributed by atoms with E-state index in [0.717, 1.165) is 16.7 Å². The second kappa shape index (κ2) is 10.8. The Balaban J connectivity index is 1.54. The lowest BCUT2D eigenvalue weighted by atomic mass is 10.1. The maximum Gasteiger partial charge on any atom is 0.339 e. The monoisotopic (exact) mass is 540 g/mol. The third kappa shape index (κ3) is 5.98. The molecule has 1 aliphatic heterocycles. The standard InChI is InChI=1S/C25H20N2O8S2/c1-2-34-22-14-18(10-13-21(22)35-37(32,33)20-6-4-3-5-7-20)15-23-24(28)26(25(29)36-23)16-17-8-11-19(12-9-17)27(30)31/h3-15H,2,16H2,1H3/b23-15-. The van der Waals surface area contributed by atoms with E-state index in [9.17, 15) is 28.1 Å². The quantitative estimate of drug-likeness (QED) is 0.159. The molecule has 0 aromatic heterocycles. The molecule has 0 N–H and O–H groups in total. The Morgan fingerprint density at radius 1 is 1.00 bits per heavy atom. The highest BCUT2D eigenvalue weighted by molar-refractivity contribution is 8.18. The van der Waals surface area contributed by atoms with E-state index < -0.39 is 26.2 Å². The Kier molecular flexibility index (Phi) is 7.60. The fraction of sp³-hybridized carbons (Fsp3) is 0.120. The topological polar surface area (TPSA) is 133 Å². The van der Waals surface area contributed by atoms with E-state index in [1.54, 1.807) is 31.2 Å². The molecule has 1 aliphatic rings. The zero-order chi connectivity index (χ0) is 26.6. The average molecular weight is 541 g/mol. The van der Waals surface area contributed by atoms with Gasteiger partial charge in [-0.3, -0.25) is 24.6 Å². The first-order valence-corrected chi connectivity index (χ1v) is 13.2. The minimum atomic E-state index is -4.09. The molecule has 1 heterocycles. The average Bonchev–Trinajstić information content (AvgIpc) is 3.13. The number of amides is 2. The molecule has 0 unspecified atom stereocenters. The summed E-state index contributed by atoms with van der Waals surface area (Å²) in [4.78, 5) is 36.9. The van der Waals surface area contributed by atoms with E-state index in [2.05, 4.69) is 0 Å². The van der Waals surface area contributed by atoms with Gasteiger partial charge in [0.2, 0.25) is 0 Å². The van der Waals surface area contributed by atoms with Crippen LogP contribution < -0.4 is 8.92 Å². The van der Waals surface area contributed by atoms with Crippen LogP contribution in [0.15, 0.2) is 82.6 Å². The summed E-state index contributed by atoms with van der Waals surface area (Å²) >= 11 is 0.757. The third-order valence-corrected chi connectivity index (χ3v) is 7.31. The summed E-state index contributed by atoms with van der Waals surface area (Å²) in [6.07, 6.45) is 1.50. The molecule has 0 spiro atoms. The predicted molar refractivity (Wildman–Crippen MR) is 136 cm³/mol. The highest BCUT2D eigenvalue weighted by Crippen LogP contribution is 2.36. The summed E-state index contributed by atoms with van der Waals surface area (Å²) < 4.78 is 36.1. The molecule has 0 saturated carbocycles. The SMILES string of the molecule is CCOc1cc(/C=C2\SC(=O)N(Cc3ccc([N+](=O)[O-])cc3)C2=O)ccc1OS(=O)(=O)c1ccccc1. The number of thioether (sulfide) groups is 1. The third-order valence-electron chi connectivity index (χ3n) is 5.16. The van der Waals surface area contributed by atoms with Gasteiger partial charge in [-0.1, -0.05) is 36.4 Å². The first-order chi connectivity index (χ1) is 17.7. The van der Waals surface area contributed by atoms with Gasteiger partial charge in [-0.2, -0.15) is 8.42 Å². The van der Waals surface area contributed by atoms with Gasteiger partial charge in [0.15, 0.2) is 11.5 Å². The van der Waals surface area contributed by atoms with Crippen LogP contribution in [0, 0.1) is 10.1 Å². The van der Waals surface area contributed by atoms with Crippen LogP contribution in [-0.4, -0.2) is 36.0 Å². The zero-order valence-electron chi connectivity index (χ0n) is 19.4. The van der Waals surface area contributed by atoms with E-state index in [-0.39, 0.29) is 40.1 Å². The largest absolute Gasteiger partial charge is 0.490 e. The predicted octanol–water partition coefficient (Wildman–Crippen LogP) is 5.00. The van der Waals surface area contributed by atoms with Crippen molar-refractivity contribution in [2.75, 3.05) is 6.61 Å². The van der Waals surface area contributed by atoms with Crippen LogP contribution in [-0.2, 0) is 21.5 Å². The van der Waals surface area contributed by atoms with Crippen molar-refractivity contribution in [3.8, 4) is 11.5 Å². The summed E-state index contributed by atoms with van der Waals surface area (Å²) in [6, 6.07) is 17.7. The second-order valence-electron chi connectivity index (χ2n) is 7.68. The van der Waals surface area contributed by atoms with Crippen molar-refractivity contribution in [2.24, 2.45) is 0 Å². The first kappa shape index (κ1) is 25.9. The van der Waals surface area contributed by atoms with Crippen molar-refractivity contribution in [3.63, 3.8) is 0 Å². The first-order valence-electron chi connectivity index (χ1n) is 10.9. The van der Waals surface area contributed by atoms with Gasteiger partial charge in [0.1, 0.15) is 4.90 Å². The van der Waals surface area contributed by atoms with Crippen molar-refractivity contribution >= 4 is 44.8 Å². The Labute approximate surface area is 216 Å². The molecule has 2 amide bonds. The number of imide groups is 1. The molecular formula is C25H20N2O8S2. The normalized spacial score (nSPS) is 14.7. The number of non-ortho nitro benzene ring substituents is 1. The number of ether oxygens (including phenoxy) is 1. The highest BCUT2D eigenvalue weighted by atomic mass is 32.2. The van der Waals surface area contributed by atoms with Crippen LogP contribution in [0.25, 0.3) is 6.08 Å². The summed E-state index contributed by atoms with van der Waals surface area (Å²) in [5, 5.41) is 10.3. The molecule has 0 aliphatic carbocycles. The number of rotatable bonds is 9. The van der Waals surface area contributed by atoms with Gasteiger partial charge >= 0.3 is 10.1 Å².